The monoisotopic (exact) mass is 545 g/mol. The number of halogens is 1. The standard InChI is InChI=1S/C21H23N11O5.ClH/c22-18-14-19(25-9-24-18)32(10-26-14)21-16(34)15(33)17(37-21)20(35)23-5-4-13-8-31(30-29-13)7-12-3-1-2-11(28-12)6-27-36;/h1-3,6,8-10,15-17,21,33-34,36H,4-5,7H2,(H,23,35)(H2,22,24,25);1H/t15-,16+,17-,21+;/m0./s1. The predicted molar refractivity (Wildman–Crippen MR) is 132 cm³/mol. The first-order valence-corrected chi connectivity index (χ1v) is 11.2. The highest BCUT2D eigenvalue weighted by atomic mass is 35.5. The van der Waals surface area contributed by atoms with Crippen molar-refractivity contribution in [3.8, 4) is 0 Å². The number of ether oxygens (including phenoxy) is 1. The minimum atomic E-state index is -1.47. The average molecular weight is 546 g/mol. The number of aromatic nitrogens is 8. The fourth-order valence-corrected chi connectivity index (χ4v) is 3.99. The molecule has 0 saturated carbocycles. The topological polar surface area (TPSA) is 225 Å². The lowest BCUT2D eigenvalue weighted by Gasteiger charge is -2.16. The molecular weight excluding hydrogens is 522 g/mol. The molecule has 5 rings (SSSR count). The third-order valence-corrected chi connectivity index (χ3v) is 5.77. The van der Waals surface area contributed by atoms with Crippen LogP contribution in [-0.4, -0.2) is 91.9 Å². The van der Waals surface area contributed by atoms with E-state index in [1.807, 2.05) is 0 Å². The molecule has 0 unspecified atom stereocenters. The Morgan fingerprint density at radius 2 is 2.05 bits per heavy atom. The Morgan fingerprint density at radius 3 is 2.87 bits per heavy atom. The van der Waals surface area contributed by atoms with Gasteiger partial charge in [0.2, 0.25) is 0 Å². The second-order valence-electron chi connectivity index (χ2n) is 8.26. The smallest absolute Gasteiger partial charge is 0.252 e. The van der Waals surface area contributed by atoms with Crippen LogP contribution in [0.4, 0.5) is 5.82 Å². The first-order valence-electron chi connectivity index (χ1n) is 11.2. The van der Waals surface area contributed by atoms with Crippen LogP contribution in [0, 0.1) is 0 Å². The third kappa shape index (κ3) is 5.37. The number of nitrogens with zero attached hydrogens (tertiary/aromatic N) is 9. The van der Waals surface area contributed by atoms with Gasteiger partial charge in [-0.2, -0.15) is 0 Å². The van der Waals surface area contributed by atoms with Crippen LogP contribution >= 0.6 is 12.4 Å². The van der Waals surface area contributed by atoms with Crippen molar-refractivity contribution in [1.82, 2.24) is 44.8 Å². The molecule has 6 N–H and O–H groups in total. The summed E-state index contributed by atoms with van der Waals surface area (Å²) in [5.41, 5.74) is 8.24. The van der Waals surface area contributed by atoms with Gasteiger partial charge in [0.15, 0.2) is 23.8 Å². The number of fused-ring (bicyclic) bond motifs is 1. The molecule has 17 heteroatoms. The SMILES string of the molecule is Cl.Nc1ncnc2c1ncn2[C@@H]1O[C@H](C(=O)NCCc2cn(Cc3cccc(C=NO)n3)nn2)[C@@H](O)[C@H]1O. The zero-order chi connectivity index (χ0) is 25.9. The lowest BCUT2D eigenvalue weighted by atomic mass is 10.1. The number of pyridine rings is 1. The van der Waals surface area contributed by atoms with Crippen molar-refractivity contribution in [1.29, 1.82) is 0 Å². The van der Waals surface area contributed by atoms with Crippen LogP contribution in [0.5, 0.6) is 0 Å². The molecule has 0 spiro atoms. The van der Waals surface area contributed by atoms with Gasteiger partial charge >= 0.3 is 0 Å². The number of hydrogen-bond acceptors (Lipinski definition) is 13. The van der Waals surface area contributed by atoms with E-state index in [1.165, 1.54) is 23.4 Å². The van der Waals surface area contributed by atoms with E-state index >= 15 is 0 Å². The van der Waals surface area contributed by atoms with Gasteiger partial charge in [-0.05, 0) is 12.1 Å². The summed E-state index contributed by atoms with van der Waals surface area (Å²) in [6.07, 6.45) is 0.634. The zero-order valence-electron chi connectivity index (χ0n) is 19.6. The molecule has 1 fully saturated rings. The number of aliphatic hydroxyl groups excluding tert-OH is 2. The number of amides is 1. The molecule has 4 aromatic rings. The number of anilines is 1. The van der Waals surface area contributed by atoms with Crippen LogP contribution in [0.15, 0.2) is 42.2 Å². The lowest BCUT2D eigenvalue weighted by Crippen LogP contribution is -2.43. The summed E-state index contributed by atoms with van der Waals surface area (Å²) in [4.78, 5) is 29.1. The van der Waals surface area contributed by atoms with E-state index in [-0.39, 0.29) is 24.8 Å². The lowest BCUT2D eigenvalue weighted by molar-refractivity contribution is -0.137. The number of carbonyl (C=O) groups excluding carboxylic acids is 1. The third-order valence-electron chi connectivity index (χ3n) is 5.77. The van der Waals surface area contributed by atoms with Gasteiger partial charge < -0.3 is 31.2 Å². The number of nitrogen functional groups attached to an aromatic ring is 1. The maximum atomic E-state index is 12.7. The number of rotatable bonds is 8. The Morgan fingerprint density at radius 1 is 1.21 bits per heavy atom. The van der Waals surface area contributed by atoms with Gasteiger partial charge in [0.25, 0.3) is 5.91 Å². The summed E-state index contributed by atoms with van der Waals surface area (Å²) in [6, 6.07) is 5.29. The Labute approximate surface area is 220 Å². The zero-order valence-corrected chi connectivity index (χ0v) is 20.5. The van der Waals surface area contributed by atoms with E-state index in [4.69, 9.17) is 15.7 Å². The van der Waals surface area contributed by atoms with Crippen LogP contribution < -0.4 is 11.1 Å². The molecule has 0 bridgehead atoms. The number of oxime groups is 1. The highest BCUT2D eigenvalue weighted by Gasteiger charge is 2.47. The highest BCUT2D eigenvalue weighted by Crippen LogP contribution is 2.32. The number of imidazole rings is 1. The van der Waals surface area contributed by atoms with E-state index in [2.05, 4.69) is 40.7 Å². The van der Waals surface area contributed by atoms with Gasteiger partial charge in [-0.1, -0.05) is 16.4 Å². The summed E-state index contributed by atoms with van der Waals surface area (Å²) in [6.45, 7) is 0.552. The van der Waals surface area contributed by atoms with Crippen LogP contribution in [0.1, 0.15) is 23.3 Å². The van der Waals surface area contributed by atoms with Crippen molar-refractivity contribution in [2.45, 2.75) is 37.5 Å². The molecular formula is C21H24ClN11O5. The number of nitrogens with two attached hydrogens (primary N) is 1. The van der Waals surface area contributed by atoms with Gasteiger partial charge in [0, 0.05) is 19.2 Å². The Balaban J connectivity index is 0.00000336. The van der Waals surface area contributed by atoms with Crippen LogP contribution in [0.3, 0.4) is 0 Å². The molecule has 0 aromatic carbocycles. The average Bonchev–Trinajstić information content (AvgIpc) is 3.59. The predicted octanol–water partition coefficient (Wildman–Crippen LogP) is -1.35. The van der Waals surface area contributed by atoms with Crippen molar-refractivity contribution < 1.29 is 25.0 Å². The Bertz CT molecular complexity index is 1440. The van der Waals surface area contributed by atoms with Crippen molar-refractivity contribution in [2.75, 3.05) is 12.3 Å². The minimum Gasteiger partial charge on any atom is -0.411 e. The van der Waals surface area contributed by atoms with Crippen molar-refractivity contribution in [3.05, 3.63) is 54.1 Å². The molecule has 16 nitrogen and oxygen atoms in total. The Kier molecular flexibility index (Phi) is 8.06. The summed E-state index contributed by atoms with van der Waals surface area (Å²) >= 11 is 0. The molecule has 0 aliphatic carbocycles. The van der Waals surface area contributed by atoms with E-state index in [0.717, 1.165) is 0 Å². The van der Waals surface area contributed by atoms with Gasteiger partial charge in [-0.15, -0.1) is 17.5 Å². The molecule has 38 heavy (non-hydrogen) atoms. The molecule has 1 amide bonds. The molecule has 4 aromatic heterocycles. The number of aliphatic hydroxyl groups is 2. The molecule has 0 radical (unpaired) electrons. The van der Waals surface area contributed by atoms with E-state index in [1.54, 1.807) is 29.1 Å². The second kappa shape index (κ2) is 11.4. The molecule has 1 aliphatic heterocycles. The van der Waals surface area contributed by atoms with E-state index < -0.39 is 30.4 Å². The van der Waals surface area contributed by atoms with E-state index in [0.29, 0.717) is 41.2 Å². The molecule has 5 heterocycles. The summed E-state index contributed by atoms with van der Waals surface area (Å²) < 4.78 is 8.68. The van der Waals surface area contributed by atoms with Crippen LogP contribution in [-0.2, 0) is 22.5 Å². The van der Waals surface area contributed by atoms with Crippen molar-refractivity contribution in [3.63, 3.8) is 0 Å². The number of hydrogen-bond donors (Lipinski definition) is 5. The summed E-state index contributed by atoms with van der Waals surface area (Å²) in [7, 11) is 0. The first kappa shape index (κ1) is 26.8. The quantitative estimate of drug-likeness (QED) is 0.0983. The van der Waals surface area contributed by atoms with Gasteiger partial charge in [-0.25, -0.2) is 24.6 Å². The fourth-order valence-electron chi connectivity index (χ4n) is 3.99. The van der Waals surface area contributed by atoms with Gasteiger partial charge in [0.1, 0.15) is 24.1 Å². The highest BCUT2D eigenvalue weighted by molar-refractivity contribution is 5.85. The second-order valence-corrected chi connectivity index (χ2v) is 8.26. The maximum absolute atomic E-state index is 12.7. The van der Waals surface area contributed by atoms with Crippen LogP contribution in [0.2, 0.25) is 0 Å². The summed E-state index contributed by atoms with van der Waals surface area (Å²) in [5.74, 6) is -0.435. The number of nitrogens with one attached hydrogen (secondary N) is 1. The first-order chi connectivity index (χ1) is 17.9. The van der Waals surface area contributed by atoms with E-state index in [9.17, 15) is 15.0 Å². The molecule has 4 atom stereocenters. The minimum absolute atomic E-state index is 0. The van der Waals surface area contributed by atoms with Crippen LogP contribution in [0.25, 0.3) is 11.2 Å². The fraction of sp³-hybridized carbons (Fsp3) is 0.333. The molecule has 200 valence electrons. The van der Waals surface area contributed by atoms with Crippen molar-refractivity contribution in [2.24, 2.45) is 5.16 Å². The maximum Gasteiger partial charge on any atom is 0.252 e. The van der Waals surface area contributed by atoms with Gasteiger partial charge in [0.05, 0.1) is 36.2 Å². The van der Waals surface area contributed by atoms with Gasteiger partial charge in [-0.3, -0.25) is 9.36 Å². The summed E-state index contributed by atoms with van der Waals surface area (Å²) in [5, 5.41) is 43.4. The van der Waals surface area contributed by atoms with Crippen molar-refractivity contribution >= 4 is 41.5 Å². The molecule has 1 aliphatic rings. The Hall–Kier alpha value is -4.25. The number of carbonyl (C=O) groups is 1. The normalized spacial score (nSPS) is 21.1. The largest absolute Gasteiger partial charge is 0.411 e. The molecule has 1 saturated heterocycles.